The van der Waals surface area contributed by atoms with Gasteiger partial charge in [0, 0.05) is 5.39 Å². The molecule has 0 amide bonds. The third-order valence-electron chi connectivity index (χ3n) is 4.66. The van der Waals surface area contributed by atoms with Gasteiger partial charge in [-0.05, 0) is 47.3 Å². The van der Waals surface area contributed by atoms with Crippen LogP contribution in [-0.4, -0.2) is 16.5 Å². The zero-order chi connectivity index (χ0) is 16.8. The molecule has 3 aromatic carbocycles. The molecule has 0 atom stereocenters. The number of ether oxygens (including phenoxy) is 1. The number of aromatic nitrogens is 2. The summed E-state index contributed by atoms with van der Waals surface area (Å²) in [6.07, 6.45) is 0. The Kier molecular flexibility index (Phi) is 3.01. The molecule has 0 saturated carbocycles. The molecule has 0 N–H and O–H groups in total. The normalized spacial score (nSPS) is 11.4. The van der Waals surface area contributed by atoms with E-state index in [1.54, 1.807) is 7.11 Å². The zero-order valence-electron chi connectivity index (χ0n) is 13.8. The lowest BCUT2D eigenvalue weighted by atomic mass is 10.1. The van der Waals surface area contributed by atoms with E-state index in [1.165, 1.54) is 5.56 Å². The predicted octanol–water partition coefficient (Wildman–Crippen LogP) is 5.32. The summed E-state index contributed by atoms with van der Waals surface area (Å²) in [6, 6.07) is 27.1. The first-order valence-electron chi connectivity index (χ1n) is 8.28. The molecule has 0 spiro atoms. The van der Waals surface area contributed by atoms with E-state index in [0.29, 0.717) is 0 Å². The van der Waals surface area contributed by atoms with Crippen LogP contribution in [0.2, 0.25) is 0 Å². The van der Waals surface area contributed by atoms with Crippen LogP contribution in [-0.2, 0) is 0 Å². The van der Waals surface area contributed by atoms with Gasteiger partial charge in [-0.15, -0.1) is 0 Å². The second-order valence-electron chi connectivity index (χ2n) is 6.11. The van der Waals surface area contributed by atoms with Gasteiger partial charge in [0.25, 0.3) is 0 Å². The molecule has 0 radical (unpaired) electrons. The number of hydrogen-bond acceptors (Lipinski definition) is 2. The van der Waals surface area contributed by atoms with Crippen LogP contribution in [0.4, 0.5) is 0 Å². The minimum absolute atomic E-state index is 0.854. The predicted molar refractivity (Wildman–Crippen MR) is 102 cm³/mol. The highest BCUT2D eigenvalue weighted by molar-refractivity contribution is 6.01. The summed E-state index contributed by atoms with van der Waals surface area (Å²) < 4.78 is 7.66. The van der Waals surface area contributed by atoms with Crippen molar-refractivity contribution in [3.8, 4) is 17.0 Å². The van der Waals surface area contributed by atoms with Crippen molar-refractivity contribution in [1.82, 2.24) is 9.38 Å². The van der Waals surface area contributed by atoms with E-state index < -0.39 is 0 Å². The lowest BCUT2D eigenvalue weighted by molar-refractivity contribution is 0.415. The molecule has 3 nitrogen and oxygen atoms in total. The van der Waals surface area contributed by atoms with E-state index in [0.717, 1.165) is 38.9 Å². The number of pyridine rings is 1. The van der Waals surface area contributed by atoms with Crippen LogP contribution in [0.5, 0.6) is 5.75 Å². The minimum Gasteiger partial charge on any atom is -0.497 e. The standard InChI is InChI=1S/C22H16N2O/c1-25-17-11-12-18-16(13-17)14-21(15-7-3-2-4-8-15)24-20-10-6-5-9-19(20)23-22(18)24/h2-14H,1H3. The summed E-state index contributed by atoms with van der Waals surface area (Å²) in [5.74, 6) is 0.854. The smallest absolute Gasteiger partial charge is 0.146 e. The second-order valence-corrected chi connectivity index (χ2v) is 6.11. The molecule has 2 heterocycles. The van der Waals surface area contributed by atoms with E-state index in [4.69, 9.17) is 9.72 Å². The van der Waals surface area contributed by atoms with Gasteiger partial charge in [0.15, 0.2) is 0 Å². The van der Waals surface area contributed by atoms with Gasteiger partial charge in [-0.25, -0.2) is 4.98 Å². The van der Waals surface area contributed by atoms with Crippen LogP contribution in [0.3, 0.4) is 0 Å². The third-order valence-corrected chi connectivity index (χ3v) is 4.66. The summed E-state index contributed by atoms with van der Waals surface area (Å²) in [4.78, 5) is 4.91. The van der Waals surface area contributed by atoms with Crippen LogP contribution >= 0.6 is 0 Å². The van der Waals surface area contributed by atoms with Gasteiger partial charge in [0.2, 0.25) is 0 Å². The Morgan fingerprint density at radius 1 is 0.840 bits per heavy atom. The second kappa shape index (κ2) is 5.35. The van der Waals surface area contributed by atoms with Gasteiger partial charge < -0.3 is 4.74 Å². The number of methoxy groups -OCH3 is 1. The Morgan fingerprint density at radius 2 is 1.64 bits per heavy atom. The van der Waals surface area contributed by atoms with Gasteiger partial charge in [0.1, 0.15) is 11.4 Å². The number of nitrogens with zero attached hydrogens (tertiary/aromatic N) is 2. The molecule has 25 heavy (non-hydrogen) atoms. The Labute approximate surface area is 145 Å². The Hall–Kier alpha value is -3.33. The Morgan fingerprint density at radius 3 is 2.48 bits per heavy atom. The van der Waals surface area contributed by atoms with E-state index in [2.05, 4.69) is 65.1 Å². The largest absolute Gasteiger partial charge is 0.497 e. The van der Waals surface area contributed by atoms with Gasteiger partial charge in [-0.3, -0.25) is 4.40 Å². The lowest BCUT2D eigenvalue weighted by Gasteiger charge is -2.11. The topological polar surface area (TPSA) is 26.5 Å². The number of imidazole rings is 1. The average Bonchev–Trinajstić information content (AvgIpc) is 3.07. The van der Waals surface area contributed by atoms with Crippen molar-refractivity contribution >= 4 is 27.5 Å². The molecule has 0 aliphatic rings. The van der Waals surface area contributed by atoms with Crippen molar-refractivity contribution in [2.24, 2.45) is 0 Å². The highest BCUT2D eigenvalue weighted by atomic mass is 16.5. The van der Waals surface area contributed by atoms with Crippen LogP contribution < -0.4 is 4.74 Å². The van der Waals surface area contributed by atoms with Crippen molar-refractivity contribution in [1.29, 1.82) is 0 Å². The minimum atomic E-state index is 0.854. The first kappa shape index (κ1) is 14.1. The maximum atomic E-state index is 5.41. The fraction of sp³-hybridized carbons (Fsp3) is 0.0455. The molecular formula is C22H16N2O. The summed E-state index contributed by atoms with van der Waals surface area (Å²) in [5, 5.41) is 2.25. The highest BCUT2D eigenvalue weighted by Crippen LogP contribution is 2.33. The molecule has 3 heteroatoms. The van der Waals surface area contributed by atoms with Crippen LogP contribution in [0.15, 0.2) is 78.9 Å². The quantitative estimate of drug-likeness (QED) is 0.439. The number of para-hydroxylation sites is 2. The zero-order valence-corrected chi connectivity index (χ0v) is 13.8. The molecule has 0 aliphatic carbocycles. The van der Waals surface area contributed by atoms with Crippen molar-refractivity contribution in [2.75, 3.05) is 7.11 Å². The summed E-state index contributed by atoms with van der Waals surface area (Å²) in [6.45, 7) is 0. The molecule has 5 aromatic rings. The maximum Gasteiger partial charge on any atom is 0.146 e. The number of hydrogen-bond donors (Lipinski definition) is 0. The fourth-order valence-electron chi connectivity index (χ4n) is 3.47. The monoisotopic (exact) mass is 324 g/mol. The van der Waals surface area contributed by atoms with E-state index in [9.17, 15) is 0 Å². The Balaban J connectivity index is 2.01. The first-order valence-corrected chi connectivity index (χ1v) is 8.28. The summed E-state index contributed by atoms with van der Waals surface area (Å²) in [7, 11) is 1.70. The van der Waals surface area contributed by atoms with Gasteiger partial charge in [0.05, 0.1) is 23.8 Å². The SMILES string of the molecule is COc1ccc2c(c1)cc(-c1ccccc1)n1c3ccccc3nc21. The van der Waals surface area contributed by atoms with E-state index in [-0.39, 0.29) is 0 Å². The van der Waals surface area contributed by atoms with Crippen molar-refractivity contribution in [3.63, 3.8) is 0 Å². The summed E-state index contributed by atoms with van der Waals surface area (Å²) in [5.41, 5.74) is 5.39. The number of fused-ring (bicyclic) bond motifs is 5. The third kappa shape index (κ3) is 2.09. The van der Waals surface area contributed by atoms with Crippen molar-refractivity contribution in [3.05, 3.63) is 78.9 Å². The Bertz CT molecular complexity index is 1220. The molecular weight excluding hydrogens is 308 g/mol. The fourth-order valence-corrected chi connectivity index (χ4v) is 3.47. The lowest BCUT2D eigenvalue weighted by Crippen LogP contribution is -1.94. The molecule has 5 rings (SSSR count). The number of benzene rings is 3. The van der Waals surface area contributed by atoms with Crippen LogP contribution in [0.1, 0.15) is 0 Å². The molecule has 2 aromatic heterocycles. The van der Waals surface area contributed by atoms with Gasteiger partial charge >= 0.3 is 0 Å². The average molecular weight is 324 g/mol. The first-order chi connectivity index (χ1) is 12.3. The number of rotatable bonds is 2. The molecule has 0 unspecified atom stereocenters. The van der Waals surface area contributed by atoms with E-state index in [1.807, 2.05) is 18.2 Å². The maximum absolute atomic E-state index is 5.41. The molecule has 120 valence electrons. The van der Waals surface area contributed by atoms with Crippen molar-refractivity contribution < 1.29 is 4.74 Å². The van der Waals surface area contributed by atoms with Crippen LogP contribution in [0.25, 0.3) is 38.7 Å². The van der Waals surface area contributed by atoms with Gasteiger partial charge in [-0.2, -0.15) is 0 Å². The van der Waals surface area contributed by atoms with E-state index >= 15 is 0 Å². The van der Waals surface area contributed by atoms with Crippen molar-refractivity contribution in [2.45, 2.75) is 0 Å². The molecule has 0 fully saturated rings. The summed E-state index contributed by atoms with van der Waals surface area (Å²) >= 11 is 0. The molecule has 0 bridgehead atoms. The highest BCUT2D eigenvalue weighted by Gasteiger charge is 2.13. The van der Waals surface area contributed by atoms with Gasteiger partial charge in [-0.1, -0.05) is 42.5 Å². The van der Waals surface area contributed by atoms with Crippen LogP contribution in [0, 0.1) is 0 Å². The molecule has 0 saturated heterocycles. The molecule has 0 aliphatic heterocycles.